The summed E-state index contributed by atoms with van der Waals surface area (Å²) in [6.45, 7) is 6.19. The molecule has 0 aliphatic carbocycles. The molecule has 1 aromatic carbocycles. The number of unbranched alkanes of at least 4 members (excludes halogenated alkanes) is 12. The van der Waals surface area contributed by atoms with Crippen LogP contribution in [0.5, 0.6) is 0 Å². The molecular formula is C23H40O3S. The Labute approximate surface area is 167 Å². The van der Waals surface area contributed by atoms with Crippen LogP contribution in [0.1, 0.15) is 107 Å². The fraction of sp³-hybridized carbons (Fsp3) is 0.739. The van der Waals surface area contributed by atoms with Crippen molar-refractivity contribution in [2.24, 2.45) is 0 Å². The number of aryl methyl sites for hydroxylation is 1. The minimum Gasteiger partial charge on any atom is -0.282 e. The highest BCUT2D eigenvalue weighted by Crippen LogP contribution is 2.24. The van der Waals surface area contributed by atoms with Gasteiger partial charge in [0.05, 0.1) is 4.90 Å². The topological polar surface area (TPSA) is 54.4 Å². The molecule has 0 unspecified atom stereocenters. The average molecular weight is 397 g/mol. The van der Waals surface area contributed by atoms with E-state index in [4.69, 9.17) is 0 Å². The van der Waals surface area contributed by atoms with Crippen molar-refractivity contribution in [3.05, 3.63) is 28.8 Å². The van der Waals surface area contributed by atoms with E-state index in [-0.39, 0.29) is 4.90 Å². The van der Waals surface area contributed by atoms with Crippen molar-refractivity contribution in [2.75, 3.05) is 0 Å². The van der Waals surface area contributed by atoms with Gasteiger partial charge in [-0.25, -0.2) is 0 Å². The molecular weight excluding hydrogens is 356 g/mol. The normalized spacial score (nSPS) is 11.9. The van der Waals surface area contributed by atoms with Crippen LogP contribution in [0, 0.1) is 13.8 Å². The molecule has 0 bridgehead atoms. The number of hydrogen-bond acceptors (Lipinski definition) is 2. The number of hydrogen-bond donors (Lipinski definition) is 1. The summed E-state index contributed by atoms with van der Waals surface area (Å²) in [6.07, 6.45) is 17.6. The molecule has 1 rings (SSSR count). The van der Waals surface area contributed by atoms with E-state index in [1.54, 1.807) is 6.07 Å². The molecule has 0 aliphatic heterocycles. The van der Waals surface area contributed by atoms with Crippen LogP contribution in [-0.4, -0.2) is 13.0 Å². The molecule has 1 aromatic rings. The third kappa shape index (κ3) is 9.75. The fourth-order valence-electron chi connectivity index (χ4n) is 3.72. The van der Waals surface area contributed by atoms with E-state index in [0.717, 1.165) is 36.0 Å². The van der Waals surface area contributed by atoms with Crippen LogP contribution in [0.15, 0.2) is 17.0 Å². The van der Waals surface area contributed by atoms with Gasteiger partial charge in [-0.15, -0.1) is 0 Å². The highest BCUT2D eigenvalue weighted by Gasteiger charge is 2.17. The van der Waals surface area contributed by atoms with Gasteiger partial charge in [-0.2, -0.15) is 8.42 Å². The molecule has 0 heterocycles. The number of rotatable bonds is 15. The summed E-state index contributed by atoms with van der Waals surface area (Å²) in [7, 11) is -4.14. The van der Waals surface area contributed by atoms with E-state index in [1.165, 1.54) is 76.7 Å². The van der Waals surface area contributed by atoms with Gasteiger partial charge in [0.25, 0.3) is 10.1 Å². The standard InChI is InChI=1S/C23H40O3S/c1-4-5-6-7-8-9-10-11-12-13-14-15-16-17-22-21(3)20(2)18-19-23(22)27(24,25)26/h18-19H,4-17H2,1-3H3,(H,24,25,26). The van der Waals surface area contributed by atoms with Crippen molar-refractivity contribution in [3.8, 4) is 0 Å². The van der Waals surface area contributed by atoms with Crippen molar-refractivity contribution in [2.45, 2.75) is 116 Å². The zero-order valence-electron chi connectivity index (χ0n) is 17.7. The van der Waals surface area contributed by atoms with Crippen molar-refractivity contribution < 1.29 is 13.0 Å². The molecule has 1 N–H and O–H groups in total. The van der Waals surface area contributed by atoms with Crippen molar-refractivity contribution in [1.82, 2.24) is 0 Å². The Morgan fingerprint density at radius 3 is 1.63 bits per heavy atom. The molecule has 0 fully saturated rings. The first-order valence-electron chi connectivity index (χ1n) is 10.9. The molecule has 156 valence electrons. The Morgan fingerprint density at radius 1 is 0.741 bits per heavy atom. The molecule has 27 heavy (non-hydrogen) atoms. The zero-order valence-corrected chi connectivity index (χ0v) is 18.5. The van der Waals surface area contributed by atoms with Crippen LogP contribution in [0.4, 0.5) is 0 Å². The summed E-state index contributed by atoms with van der Waals surface area (Å²) in [4.78, 5) is 0.0875. The lowest BCUT2D eigenvalue weighted by Crippen LogP contribution is -2.06. The largest absolute Gasteiger partial charge is 0.294 e. The van der Waals surface area contributed by atoms with Crippen LogP contribution in [0.3, 0.4) is 0 Å². The summed E-state index contributed by atoms with van der Waals surface area (Å²) < 4.78 is 32.7. The van der Waals surface area contributed by atoms with E-state index in [2.05, 4.69) is 6.92 Å². The van der Waals surface area contributed by atoms with Gasteiger partial charge in [0.2, 0.25) is 0 Å². The minimum absolute atomic E-state index is 0.0875. The second-order valence-electron chi connectivity index (χ2n) is 7.95. The molecule has 0 saturated heterocycles. The minimum atomic E-state index is -4.14. The average Bonchev–Trinajstić information content (AvgIpc) is 2.61. The van der Waals surface area contributed by atoms with E-state index in [1.807, 2.05) is 13.8 Å². The molecule has 0 spiro atoms. The lowest BCUT2D eigenvalue weighted by molar-refractivity contribution is 0.481. The molecule has 0 amide bonds. The summed E-state index contributed by atoms with van der Waals surface area (Å²) in [5, 5.41) is 0. The van der Waals surface area contributed by atoms with Crippen molar-refractivity contribution >= 4 is 10.1 Å². The Balaban J connectivity index is 2.18. The zero-order chi connectivity index (χ0) is 20.1. The summed E-state index contributed by atoms with van der Waals surface area (Å²) >= 11 is 0. The van der Waals surface area contributed by atoms with E-state index in [0.29, 0.717) is 0 Å². The van der Waals surface area contributed by atoms with E-state index < -0.39 is 10.1 Å². The maximum absolute atomic E-state index is 11.6. The Kier molecular flexibility index (Phi) is 11.9. The number of benzene rings is 1. The SMILES string of the molecule is CCCCCCCCCCCCCCCc1c(S(=O)(=O)O)ccc(C)c1C. The lowest BCUT2D eigenvalue weighted by atomic mass is 9.97. The molecule has 0 aromatic heterocycles. The molecule has 4 heteroatoms. The quantitative estimate of drug-likeness (QED) is 0.252. The van der Waals surface area contributed by atoms with Gasteiger partial charge in [0.15, 0.2) is 0 Å². The molecule has 0 radical (unpaired) electrons. The highest BCUT2D eigenvalue weighted by molar-refractivity contribution is 7.85. The molecule has 0 atom stereocenters. The first-order valence-corrected chi connectivity index (χ1v) is 12.4. The lowest BCUT2D eigenvalue weighted by Gasteiger charge is -2.13. The van der Waals surface area contributed by atoms with Crippen molar-refractivity contribution in [1.29, 1.82) is 0 Å². The summed E-state index contributed by atoms with van der Waals surface area (Å²) in [6, 6.07) is 3.31. The Morgan fingerprint density at radius 2 is 1.19 bits per heavy atom. The monoisotopic (exact) mass is 396 g/mol. The van der Waals surface area contributed by atoms with E-state index in [9.17, 15) is 13.0 Å². The predicted molar refractivity (Wildman–Crippen MR) is 115 cm³/mol. The predicted octanol–water partition coefficient (Wildman–Crippen LogP) is 7.18. The second kappa shape index (κ2) is 13.3. The second-order valence-corrected chi connectivity index (χ2v) is 9.34. The maximum atomic E-state index is 11.6. The van der Waals surface area contributed by atoms with Crippen LogP contribution in [0.25, 0.3) is 0 Å². The van der Waals surface area contributed by atoms with Crippen molar-refractivity contribution in [3.63, 3.8) is 0 Å². The summed E-state index contributed by atoms with van der Waals surface area (Å²) in [5.74, 6) is 0. The first-order chi connectivity index (χ1) is 12.9. The van der Waals surface area contributed by atoms with E-state index >= 15 is 0 Å². The van der Waals surface area contributed by atoms with Gasteiger partial charge in [-0.1, -0.05) is 90.0 Å². The van der Waals surface area contributed by atoms with Gasteiger partial charge in [-0.3, -0.25) is 4.55 Å². The molecule has 3 nitrogen and oxygen atoms in total. The van der Waals surface area contributed by atoms with Gasteiger partial charge in [-0.05, 0) is 49.4 Å². The Bertz CT molecular complexity index is 635. The third-order valence-electron chi connectivity index (χ3n) is 5.63. The van der Waals surface area contributed by atoms with Gasteiger partial charge in [0.1, 0.15) is 0 Å². The molecule has 0 saturated carbocycles. The van der Waals surface area contributed by atoms with Crippen LogP contribution < -0.4 is 0 Å². The highest BCUT2D eigenvalue weighted by atomic mass is 32.2. The summed E-state index contributed by atoms with van der Waals surface area (Å²) in [5.41, 5.74) is 2.86. The van der Waals surface area contributed by atoms with Crippen LogP contribution in [0.2, 0.25) is 0 Å². The molecule has 0 aliphatic rings. The third-order valence-corrected chi connectivity index (χ3v) is 6.57. The van der Waals surface area contributed by atoms with Crippen LogP contribution in [-0.2, 0) is 16.5 Å². The van der Waals surface area contributed by atoms with Gasteiger partial charge in [0, 0.05) is 0 Å². The van der Waals surface area contributed by atoms with Gasteiger partial charge >= 0.3 is 0 Å². The Hall–Kier alpha value is -0.870. The maximum Gasteiger partial charge on any atom is 0.294 e. The first kappa shape index (κ1) is 24.2. The van der Waals surface area contributed by atoms with Crippen LogP contribution >= 0.6 is 0 Å². The van der Waals surface area contributed by atoms with Gasteiger partial charge < -0.3 is 0 Å². The smallest absolute Gasteiger partial charge is 0.282 e. The fourth-order valence-corrected chi connectivity index (χ4v) is 4.53.